The van der Waals surface area contributed by atoms with Gasteiger partial charge >= 0.3 is 6.03 Å². The SMILES string of the molecule is COc1cc2ncnc(Sc3cccc(NC(=O)Nc4cc(C(C)(C)C)on4)c3)c2cc1OC.Cl. The lowest BCUT2D eigenvalue weighted by Gasteiger charge is -2.12. The first kappa shape index (κ1) is 26.1. The number of methoxy groups -OCH3 is 2. The van der Waals surface area contributed by atoms with Crippen molar-refractivity contribution >= 4 is 52.6 Å². The maximum atomic E-state index is 12.5. The van der Waals surface area contributed by atoms with Crippen LogP contribution in [0.15, 0.2) is 63.2 Å². The van der Waals surface area contributed by atoms with Crippen molar-refractivity contribution in [1.82, 2.24) is 15.1 Å². The topological polar surface area (TPSA) is 111 Å². The van der Waals surface area contributed by atoms with E-state index < -0.39 is 6.03 Å². The fraction of sp³-hybridized carbons (Fsp3) is 0.250. The van der Waals surface area contributed by atoms with Gasteiger partial charge in [-0.05, 0) is 24.3 Å². The molecule has 2 amide bonds. The average Bonchev–Trinajstić information content (AvgIpc) is 3.27. The summed E-state index contributed by atoms with van der Waals surface area (Å²) in [5.74, 6) is 2.24. The van der Waals surface area contributed by atoms with E-state index in [1.165, 1.54) is 18.1 Å². The summed E-state index contributed by atoms with van der Waals surface area (Å²) in [4.78, 5) is 22.1. The van der Waals surface area contributed by atoms with Crippen LogP contribution in [0.2, 0.25) is 0 Å². The van der Waals surface area contributed by atoms with Crippen LogP contribution in [0.1, 0.15) is 26.5 Å². The monoisotopic (exact) mass is 515 g/mol. The van der Waals surface area contributed by atoms with Crippen LogP contribution < -0.4 is 20.1 Å². The fourth-order valence-electron chi connectivity index (χ4n) is 3.16. The highest BCUT2D eigenvalue weighted by atomic mass is 35.5. The molecule has 35 heavy (non-hydrogen) atoms. The highest BCUT2D eigenvalue weighted by Gasteiger charge is 2.20. The molecule has 184 valence electrons. The van der Waals surface area contributed by atoms with Gasteiger partial charge in [-0.3, -0.25) is 5.32 Å². The Hall–Kier alpha value is -3.50. The first-order valence-electron chi connectivity index (χ1n) is 10.5. The van der Waals surface area contributed by atoms with E-state index in [-0.39, 0.29) is 17.8 Å². The number of benzene rings is 2. The van der Waals surface area contributed by atoms with Gasteiger partial charge in [0.25, 0.3) is 0 Å². The van der Waals surface area contributed by atoms with Crippen LogP contribution in [0.5, 0.6) is 11.5 Å². The Morgan fingerprint density at radius 3 is 2.43 bits per heavy atom. The van der Waals surface area contributed by atoms with Crippen LogP contribution in [0, 0.1) is 0 Å². The summed E-state index contributed by atoms with van der Waals surface area (Å²) in [6.07, 6.45) is 1.51. The molecule has 0 atom stereocenters. The van der Waals surface area contributed by atoms with Crippen LogP contribution in [0.3, 0.4) is 0 Å². The second-order valence-corrected chi connectivity index (χ2v) is 9.50. The number of urea groups is 1. The van der Waals surface area contributed by atoms with Gasteiger partial charge in [0.15, 0.2) is 17.3 Å². The lowest BCUT2D eigenvalue weighted by atomic mass is 9.93. The second kappa shape index (κ2) is 10.8. The first-order chi connectivity index (χ1) is 16.3. The molecule has 0 fully saturated rings. The Balaban J connectivity index is 0.00000342. The quantitative estimate of drug-likeness (QED) is 0.294. The van der Waals surface area contributed by atoms with Gasteiger partial charge in [0.1, 0.15) is 17.1 Å². The smallest absolute Gasteiger partial charge is 0.324 e. The predicted octanol–water partition coefficient (Wildman–Crippen LogP) is 6.15. The van der Waals surface area contributed by atoms with Crippen molar-refractivity contribution in [3.8, 4) is 11.5 Å². The predicted molar refractivity (Wildman–Crippen MR) is 138 cm³/mol. The fourth-order valence-corrected chi connectivity index (χ4v) is 4.09. The third-order valence-electron chi connectivity index (χ3n) is 4.90. The van der Waals surface area contributed by atoms with Crippen molar-refractivity contribution < 1.29 is 18.8 Å². The molecule has 0 bridgehead atoms. The number of ether oxygens (including phenoxy) is 2. The van der Waals surface area contributed by atoms with Gasteiger partial charge in [-0.15, -0.1) is 12.4 Å². The zero-order valence-corrected chi connectivity index (χ0v) is 21.5. The van der Waals surface area contributed by atoms with E-state index >= 15 is 0 Å². The summed E-state index contributed by atoms with van der Waals surface area (Å²) >= 11 is 1.45. The van der Waals surface area contributed by atoms with E-state index in [0.717, 1.165) is 20.8 Å². The Kier molecular flexibility index (Phi) is 8.08. The molecule has 0 aliphatic rings. The molecule has 11 heteroatoms. The van der Waals surface area contributed by atoms with Gasteiger partial charge in [0.05, 0.1) is 19.7 Å². The summed E-state index contributed by atoms with van der Waals surface area (Å²) in [7, 11) is 3.17. The number of hydrogen-bond donors (Lipinski definition) is 2. The van der Waals surface area contributed by atoms with E-state index in [9.17, 15) is 4.79 Å². The molecule has 2 N–H and O–H groups in total. The Morgan fingerprint density at radius 1 is 1.00 bits per heavy atom. The lowest BCUT2D eigenvalue weighted by Crippen LogP contribution is -2.19. The molecule has 0 unspecified atom stereocenters. The number of nitrogens with one attached hydrogen (secondary N) is 2. The van der Waals surface area contributed by atoms with Crippen molar-refractivity contribution in [3.05, 3.63) is 54.6 Å². The van der Waals surface area contributed by atoms with Gasteiger partial charge in [0, 0.05) is 33.5 Å². The van der Waals surface area contributed by atoms with Crippen LogP contribution in [-0.4, -0.2) is 35.4 Å². The summed E-state index contributed by atoms with van der Waals surface area (Å²) in [6, 6.07) is 12.4. The van der Waals surface area contributed by atoms with Crippen LogP contribution in [-0.2, 0) is 5.41 Å². The number of fused-ring (bicyclic) bond motifs is 1. The molecule has 0 saturated carbocycles. The van der Waals surface area contributed by atoms with Gasteiger partial charge in [-0.25, -0.2) is 14.8 Å². The molecule has 2 aromatic heterocycles. The molecule has 0 radical (unpaired) electrons. The van der Waals surface area contributed by atoms with Crippen molar-refractivity contribution in [2.45, 2.75) is 36.1 Å². The van der Waals surface area contributed by atoms with Crippen molar-refractivity contribution in [3.63, 3.8) is 0 Å². The minimum atomic E-state index is -0.416. The summed E-state index contributed by atoms with van der Waals surface area (Å²) in [5.41, 5.74) is 1.17. The maximum Gasteiger partial charge on any atom is 0.324 e. The third-order valence-corrected chi connectivity index (χ3v) is 5.91. The average molecular weight is 516 g/mol. The van der Waals surface area contributed by atoms with E-state index in [4.69, 9.17) is 14.0 Å². The van der Waals surface area contributed by atoms with Crippen LogP contribution >= 0.6 is 24.2 Å². The van der Waals surface area contributed by atoms with E-state index in [1.807, 2.05) is 51.1 Å². The molecule has 0 saturated heterocycles. The zero-order valence-electron chi connectivity index (χ0n) is 19.9. The second-order valence-electron chi connectivity index (χ2n) is 8.44. The van der Waals surface area contributed by atoms with Gasteiger partial charge in [-0.1, -0.05) is 43.8 Å². The van der Waals surface area contributed by atoms with E-state index in [2.05, 4.69) is 25.8 Å². The molecule has 9 nitrogen and oxygen atoms in total. The molecule has 4 aromatic rings. The molecular formula is C24H26ClN5O4S. The number of anilines is 2. The minimum Gasteiger partial charge on any atom is -0.493 e. The van der Waals surface area contributed by atoms with E-state index in [0.29, 0.717) is 28.8 Å². The van der Waals surface area contributed by atoms with Crippen LogP contribution in [0.4, 0.5) is 16.3 Å². The number of halogens is 1. The molecule has 2 aromatic carbocycles. The van der Waals surface area contributed by atoms with Gasteiger partial charge in [0.2, 0.25) is 0 Å². The number of aromatic nitrogens is 3. The zero-order chi connectivity index (χ0) is 24.3. The molecule has 0 aliphatic heterocycles. The normalized spacial score (nSPS) is 11.0. The minimum absolute atomic E-state index is 0. The molecule has 2 heterocycles. The lowest BCUT2D eigenvalue weighted by molar-refractivity contribution is 0.262. The summed E-state index contributed by atoms with van der Waals surface area (Å²) in [6.45, 7) is 6.02. The van der Waals surface area contributed by atoms with Crippen molar-refractivity contribution in [2.24, 2.45) is 0 Å². The Labute approximate surface area is 213 Å². The maximum absolute atomic E-state index is 12.5. The number of nitrogens with zero attached hydrogens (tertiary/aromatic N) is 3. The standard InChI is InChI=1S/C24H25N5O4S.ClH/c1-24(2,3)20-12-21(29-33-20)28-23(30)27-14-7-6-8-15(9-14)34-22-16-10-18(31-4)19(32-5)11-17(16)25-13-26-22;/h6-13H,1-5H3,(H2,27,28,29,30);1H. The highest BCUT2D eigenvalue weighted by Crippen LogP contribution is 2.37. The van der Waals surface area contributed by atoms with E-state index in [1.54, 1.807) is 26.4 Å². The number of carbonyl (C=O) groups excluding carboxylic acids is 1. The van der Waals surface area contributed by atoms with Gasteiger partial charge < -0.3 is 19.3 Å². The first-order valence-corrected chi connectivity index (χ1v) is 11.3. The molecule has 4 rings (SSSR count). The number of hydrogen-bond acceptors (Lipinski definition) is 8. The van der Waals surface area contributed by atoms with Crippen molar-refractivity contribution in [1.29, 1.82) is 0 Å². The third kappa shape index (κ3) is 6.14. The molecule has 0 spiro atoms. The summed E-state index contributed by atoms with van der Waals surface area (Å²) in [5, 5.41) is 11.0. The Morgan fingerprint density at radius 2 is 1.74 bits per heavy atom. The molecule has 0 aliphatic carbocycles. The summed E-state index contributed by atoms with van der Waals surface area (Å²) < 4.78 is 16.1. The largest absolute Gasteiger partial charge is 0.493 e. The highest BCUT2D eigenvalue weighted by molar-refractivity contribution is 7.99. The Bertz CT molecular complexity index is 1340. The van der Waals surface area contributed by atoms with Gasteiger partial charge in [-0.2, -0.15) is 0 Å². The number of rotatable bonds is 6. The number of amides is 2. The number of carbonyl (C=O) groups is 1. The molecular weight excluding hydrogens is 490 g/mol. The van der Waals surface area contributed by atoms with Crippen LogP contribution in [0.25, 0.3) is 10.9 Å². The van der Waals surface area contributed by atoms with Crippen molar-refractivity contribution in [2.75, 3.05) is 24.9 Å².